The zero-order valence-corrected chi connectivity index (χ0v) is 19.5. The van der Waals surface area contributed by atoms with Crippen molar-refractivity contribution in [2.75, 3.05) is 6.61 Å². The zero-order chi connectivity index (χ0) is 22.7. The second-order valence-corrected chi connectivity index (χ2v) is 8.08. The van der Waals surface area contributed by atoms with Gasteiger partial charge < -0.3 is 9.47 Å². The number of benzene rings is 1. The van der Waals surface area contributed by atoms with Gasteiger partial charge in [0.2, 0.25) is 0 Å². The second kappa shape index (κ2) is 17.5. The molecule has 0 atom stereocenters. The molecule has 0 saturated heterocycles. The molecule has 0 N–H and O–H groups in total. The summed E-state index contributed by atoms with van der Waals surface area (Å²) < 4.78 is 10.3. The molecule has 1 rings (SSSR count). The standard InChI is InChI=1S/C26H40O5/c1-3-5-7-9-10-11-12-14-20-24(27)31-26(29)23-19-16-15-18-22(23)25(28)30-21-17-13-8-6-4-2/h15-16,18-19H,3-14,17,20-21H2,1-2H3. The van der Waals surface area contributed by atoms with E-state index < -0.39 is 17.9 Å². The molecule has 5 heteroatoms. The molecule has 31 heavy (non-hydrogen) atoms. The van der Waals surface area contributed by atoms with E-state index in [4.69, 9.17) is 9.47 Å². The molecule has 0 amide bonds. The predicted molar refractivity (Wildman–Crippen MR) is 123 cm³/mol. The normalized spacial score (nSPS) is 10.6. The molecule has 0 fully saturated rings. The number of carbonyl (C=O) groups is 3. The van der Waals surface area contributed by atoms with E-state index in [1.54, 1.807) is 12.1 Å². The SMILES string of the molecule is CCCCCCCCCCC(=O)OC(=O)c1ccccc1C(=O)OCCCCCCC. The number of unbranched alkanes of at least 4 members (excludes halogenated alkanes) is 11. The molecule has 1 aromatic rings. The lowest BCUT2D eigenvalue weighted by molar-refractivity contribution is -0.138. The lowest BCUT2D eigenvalue weighted by Crippen LogP contribution is -2.17. The van der Waals surface area contributed by atoms with Crippen molar-refractivity contribution >= 4 is 17.9 Å². The van der Waals surface area contributed by atoms with Crippen LogP contribution in [0.4, 0.5) is 0 Å². The van der Waals surface area contributed by atoms with Crippen LogP contribution in [0.1, 0.15) is 124 Å². The van der Waals surface area contributed by atoms with E-state index in [2.05, 4.69) is 13.8 Å². The van der Waals surface area contributed by atoms with Crippen molar-refractivity contribution < 1.29 is 23.9 Å². The Kier molecular flexibility index (Phi) is 15.2. The Morgan fingerprint density at radius 2 is 1.13 bits per heavy atom. The van der Waals surface area contributed by atoms with Gasteiger partial charge in [-0.15, -0.1) is 0 Å². The van der Waals surface area contributed by atoms with Crippen LogP contribution < -0.4 is 0 Å². The molecule has 0 saturated carbocycles. The monoisotopic (exact) mass is 432 g/mol. The van der Waals surface area contributed by atoms with Gasteiger partial charge in [0, 0.05) is 6.42 Å². The summed E-state index contributed by atoms with van der Waals surface area (Å²) in [6.07, 6.45) is 14.5. The molecule has 0 unspecified atom stereocenters. The Labute approximate surface area is 187 Å². The number of ether oxygens (including phenoxy) is 2. The molecular weight excluding hydrogens is 392 g/mol. The third-order valence-corrected chi connectivity index (χ3v) is 5.29. The fourth-order valence-corrected chi connectivity index (χ4v) is 3.40. The predicted octanol–water partition coefficient (Wildman–Crippen LogP) is 7.03. The number of rotatable bonds is 17. The number of hydrogen-bond acceptors (Lipinski definition) is 5. The van der Waals surface area contributed by atoms with Crippen LogP contribution in [0.5, 0.6) is 0 Å². The van der Waals surface area contributed by atoms with Crippen molar-refractivity contribution in [3.05, 3.63) is 35.4 Å². The topological polar surface area (TPSA) is 69.7 Å². The number of hydrogen-bond donors (Lipinski definition) is 0. The molecule has 0 radical (unpaired) electrons. The van der Waals surface area contributed by atoms with Crippen LogP contribution in [0.25, 0.3) is 0 Å². The molecule has 0 bridgehead atoms. The molecule has 0 aliphatic carbocycles. The second-order valence-electron chi connectivity index (χ2n) is 8.08. The minimum Gasteiger partial charge on any atom is -0.462 e. The summed E-state index contributed by atoms with van der Waals surface area (Å²) in [4.78, 5) is 36.8. The average Bonchev–Trinajstić information content (AvgIpc) is 2.77. The van der Waals surface area contributed by atoms with Gasteiger partial charge in [0.25, 0.3) is 0 Å². The highest BCUT2D eigenvalue weighted by molar-refractivity contribution is 6.05. The highest BCUT2D eigenvalue weighted by Crippen LogP contribution is 2.14. The minimum absolute atomic E-state index is 0.0720. The van der Waals surface area contributed by atoms with Gasteiger partial charge in [-0.3, -0.25) is 4.79 Å². The first kappa shape index (κ1) is 26.9. The molecule has 0 aromatic heterocycles. The maximum absolute atomic E-state index is 12.4. The van der Waals surface area contributed by atoms with E-state index in [0.717, 1.165) is 38.5 Å². The summed E-state index contributed by atoms with van der Waals surface area (Å²) in [5.41, 5.74) is 0.212. The summed E-state index contributed by atoms with van der Waals surface area (Å²) >= 11 is 0. The summed E-state index contributed by atoms with van der Waals surface area (Å²) in [6.45, 7) is 4.67. The Hall–Kier alpha value is -2.17. The van der Waals surface area contributed by atoms with Gasteiger partial charge in [-0.1, -0.05) is 96.6 Å². The smallest absolute Gasteiger partial charge is 0.346 e. The molecule has 0 aliphatic heterocycles. The highest BCUT2D eigenvalue weighted by atomic mass is 16.6. The molecule has 0 aliphatic rings. The van der Waals surface area contributed by atoms with E-state index in [0.29, 0.717) is 13.0 Å². The maximum Gasteiger partial charge on any atom is 0.346 e. The van der Waals surface area contributed by atoms with E-state index in [1.807, 2.05) is 0 Å². The number of esters is 3. The fraction of sp³-hybridized carbons (Fsp3) is 0.654. The lowest BCUT2D eigenvalue weighted by atomic mass is 10.1. The van der Waals surface area contributed by atoms with Crippen molar-refractivity contribution in [2.45, 2.75) is 104 Å². The van der Waals surface area contributed by atoms with Gasteiger partial charge >= 0.3 is 17.9 Å². The van der Waals surface area contributed by atoms with Crippen LogP contribution in [-0.2, 0) is 14.3 Å². The minimum atomic E-state index is -0.792. The zero-order valence-electron chi connectivity index (χ0n) is 19.5. The van der Waals surface area contributed by atoms with Gasteiger partial charge in [0.15, 0.2) is 0 Å². The Morgan fingerprint density at radius 3 is 1.71 bits per heavy atom. The van der Waals surface area contributed by atoms with Crippen molar-refractivity contribution in [2.24, 2.45) is 0 Å². The van der Waals surface area contributed by atoms with Crippen LogP contribution in [0.15, 0.2) is 24.3 Å². The fourth-order valence-electron chi connectivity index (χ4n) is 3.40. The summed E-state index contributed by atoms with van der Waals surface area (Å²) in [6, 6.07) is 6.32. The third kappa shape index (κ3) is 12.3. The lowest BCUT2D eigenvalue weighted by Gasteiger charge is -2.09. The first-order valence-electron chi connectivity index (χ1n) is 12.1. The third-order valence-electron chi connectivity index (χ3n) is 5.29. The molecule has 174 valence electrons. The van der Waals surface area contributed by atoms with E-state index in [9.17, 15) is 14.4 Å². The Balaban J connectivity index is 2.37. The number of carbonyl (C=O) groups excluding carboxylic acids is 3. The van der Waals surface area contributed by atoms with Crippen LogP contribution in [0.2, 0.25) is 0 Å². The summed E-state index contributed by atoms with van der Waals surface area (Å²) in [5, 5.41) is 0. The largest absolute Gasteiger partial charge is 0.462 e. The molecule has 0 heterocycles. The molecule has 5 nitrogen and oxygen atoms in total. The van der Waals surface area contributed by atoms with Gasteiger partial charge in [0.1, 0.15) is 0 Å². The van der Waals surface area contributed by atoms with Crippen LogP contribution in [-0.4, -0.2) is 24.5 Å². The van der Waals surface area contributed by atoms with Crippen LogP contribution in [0, 0.1) is 0 Å². The van der Waals surface area contributed by atoms with Gasteiger partial charge in [-0.25, -0.2) is 9.59 Å². The molecular formula is C26H40O5. The van der Waals surface area contributed by atoms with E-state index in [-0.39, 0.29) is 17.5 Å². The molecule has 1 aromatic carbocycles. The van der Waals surface area contributed by atoms with E-state index in [1.165, 1.54) is 50.7 Å². The average molecular weight is 433 g/mol. The Morgan fingerprint density at radius 1 is 0.645 bits per heavy atom. The van der Waals surface area contributed by atoms with Gasteiger partial charge in [0.05, 0.1) is 17.7 Å². The van der Waals surface area contributed by atoms with Crippen LogP contribution in [0.3, 0.4) is 0 Å². The van der Waals surface area contributed by atoms with Crippen molar-refractivity contribution in [3.8, 4) is 0 Å². The Bertz CT molecular complexity index is 653. The summed E-state index contributed by atoms with van der Waals surface area (Å²) in [7, 11) is 0. The van der Waals surface area contributed by atoms with E-state index >= 15 is 0 Å². The van der Waals surface area contributed by atoms with Gasteiger partial charge in [-0.2, -0.15) is 0 Å². The quantitative estimate of drug-likeness (QED) is 0.150. The highest BCUT2D eigenvalue weighted by Gasteiger charge is 2.21. The van der Waals surface area contributed by atoms with Crippen LogP contribution >= 0.6 is 0 Å². The van der Waals surface area contributed by atoms with Crippen molar-refractivity contribution in [1.29, 1.82) is 0 Å². The summed E-state index contributed by atoms with van der Waals surface area (Å²) in [5.74, 6) is -1.89. The molecule has 0 spiro atoms. The van der Waals surface area contributed by atoms with Gasteiger partial charge in [-0.05, 0) is 25.0 Å². The van der Waals surface area contributed by atoms with Crippen molar-refractivity contribution in [3.63, 3.8) is 0 Å². The maximum atomic E-state index is 12.4. The van der Waals surface area contributed by atoms with Crippen molar-refractivity contribution in [1.82, 2.24) is 0 Å². The first-order chi connectivity index (χ1) is 15.1. The first-order valence-corrected chi connectivity index (χ1v) is 12.1.